The summed E-state index contributed by atoms with van der Waals surface area (Å²) < 4.78 is 5.16. The van der Waals surface area contributed by atoms with Gasteiger partial charge in [0.15, 0.2) is 12.4 Å². The molecule has 3 aromatic rings. The molecule has 3 amide bonds. The minimum atomic E-state index is -0.814. The molecular formula is C27H22N2O6. The molecule has 1 heterocycles. The Morgan fingerprint density at radius 3 is 2.26 bits per heavy atom. The van der Waals surface area contributed by atoms with Crippen LogP contribution in [0.15, 0.2) is 60.7 Å². The van der Waals surface area contributed by atoms with E-state index in [1.54, 1.807) is 24.3 Å². The van der Waals surface area contributed by atoms with Crippen molar-refractivity contribution in [1.82, 2.24) is 4.90 Å². The van der Waals surface area contributed by atoms with Crippen molar-refractivity contribution in [1.29, 1.82) is 0 Å². The highest BCUT2D eigenvalue weighted by molar-refractivity contribution is 6.21. The number of ether oxygens (including phenoxy) is 1. The Morgan fingerprint density at radius 1 is 0.829 bits per heavy atom. The first-order valence-electron chi connectivity index (χ1n) is 10.8. The molecule has 1 aliphatic heterocycles. The standard InChI is InChI=1S/C27H22N2O6/c1-15-8-9-16(2)21(12-15)24(31)18-6-4-5-7-20(18)27(34)35-14-23(30)28-17-10-11-19-22(13-17)26(33)29(3)25(19)32/h4-13H,14H2,1-3H3,(H,28,30). The second-order valence-electron chi connectivity index (χ2n) is 8.25. The molecule has 0 fully saturated rings. The van der Waals surface area contributed by atoms with E-state index in [4.69, 9.17) is 4.74 Å². The molecule has 0 atom stereocenters. The summed E-state index contributed by atoms with van der Waals surface area (Å²) in [4.78, 5) is 63.4. The average Bonchev–Trinajstić information content (AvgIpc) is 3.07. The van der Waals surface area contributed by atoms with Gasteiger partial charge in [-0.15, -0.1) is 0 Å². The number of carbonyl (C=O) groups is 5. The van der Waals surface area contributed by atoms with Crippen molar-refractivity contribution in [3.63, 3.8) is 0 Å². The first-order chi connectivity index (χ1) is 16.7. The summed E-state index contributed by atoms with van der Waals surface area (Å²) in [6, 6.07) is 16.1. The number of carbonyl (C=O) groups excluding carboxylic acids is 5. The van der Waals surface area contributed by atoms with Crippen molar-refractivity contribution >= 4 is 35.2 Å². The lowest BCUT2D eigenvalue weighted by molar-refractivity contribution is -0.119. The van der Waals surface area contributed by atoms with Gasteiger partial charge in [0.2, 0.25) is 0 Å². The molecule has 0 bridgehead atoms. The van der Waals surface area contributed by atoms with Crippen molar-refractivity contribution in [3.05, 3.63) is 99.6 Å². The molecule has 8 heteroatoms. The monoisotopic (exact) mass is 470 g/mol. The molecule has 0 saturated heterocycles. The second-order valence-corrected chi connectivity index (χ2v) is 8.25. The molecule has 35 heavy (non-hydrogen) atoms. The van der Waals surface area contributed by atoms with Gasteiger partial charge in [-0.3, -0.25) is 24.1 Å². The van der Waals surface area contributed by atoms with E-state index in [0.717, 1.165) is 16.0 Å². The predicted octanol–water partition coefficient (Wildman–Crippen LogP) is 3.56. The number of rotatable bonds is 6. The van der Waals surface area contributed by atoms with Crippen molar-refractivity contribution in [2.45, 2.75) is 13.8 Å². The van der Waals surface area contributed by atoms with E-state index in [9.17, 15) is 24.0 Å². The largest absolute Gasteiger partial charge is 0.452 e. The zero-order valence-electron chi connectivity index (χ0n) is 19.4. The van der Waals surface area contributed by atoms with Crippen LogP contribution in [0.1, 0.15) is 58.1 Å². The number of esters is 1. The number of fused-ring (bicyclic) bond motifs is 1. The summed E-state index contributed by atoms with van der Waals surface area (Å²) in [5, 5.41) is 2.54. The average molecular weight is 470 g/mol. The molecule has 0 radical (unpaired) electrons. The van der Waals surface area contributed by atoms with Gasteiger partial charge in [-0.1, -0.05) is 35.9 Å². The first-order valence-corrected chi connectivity index (χ1v) is 10.8. The van der Waals surface area contributed by atoms with Crippen LogP contribution in [-0.2, 0) is 9.53 Å². The van der Waals surface area contributed by atoms with Crippen LogP contribution in [0.3, 0.4) is 0 Å². The zero-order chi connectivity index (χ0) is 25.3. The van der Waals surface area contributed by atoms with E-state index < -0.39 is 30.3 Å². The van der Waals surface area contributed by atoms with Crippen molar-refractivity contribution in [2.75, 3.05) is 19.0 Å². The summed E-state index contributed by atoms with van der Waals surface area (Å²) >= 11 is 0. The lowest BCUT2D eigenvalue weighted by Crippen LogP contribution is -2.24. The summed E-state index contributed by atoms with van der Waals surface area (Å²) in [5.74, 6) is -2.64. The van der Waals surface area contributed by atoms with Crippen molar-refractivity contribution in [3.8, 4) is 0 Å². The van der Waals surface area contributed by atoms with Crippen molar-refractivity contribution in [2.24, 2.45) is 0 Å². The van der Waals surface area contributed by atoms with Crippen LogP contribution < -0.4 is 5.32 Å². The minimum Gasteiger partial charge on any atom is -0.452 e. The van der Waals surface area contributed by atoms with Gasteiger partial charge in [-0.05, 0) is 49.7 Å². The Balaban J connectivity index is 1.45. The Labute approximate surface area is 201 Å². The molecule has 0 aliphatic carbocycles. The van der Waals surface area contributed by atoms with E-state index in [1.807, 2.05) is 26.0 Å². The molecule has 0 spiro atoms. The molecule has 4 rings (SSSR count). The summed E-state index contributed by atoms with van der Waals surface area (Å²) in [6.07, 6.45) is 0. The van der Waals surface area contributed by atoms with Gasteiger partial charge in [0.05, 0.1) is 16.7 Å². The number of ketones is 1. The predicted molar refractivity (Wildman–Crippen MR) is 128 cm³/mol. The van der Waals surface area contributed by atoms with Crippen LogP contribution >= 0.6 is 0 Å². The summed E-state index contributed by atoms with van der Waals surface area (Å²) in [7, 11) is 1.38. The fraction of sp³-hybridized carbons (Fsp3) is 0.148. The lowest BCUT2D eigenvalue weighted by Gasteiger charge is -2.11. The number of benzene rings is 3. The van der Waals surface area contributed by atoms with Gasteiger partial charge in [-0.2, -0.15) is 0 Å². The van der Waals surface area contributed by atoms with Gasteiger partial charge >= 0.3 is 5.97 Å². The molecule has 0 aromatic heterocycles. The van der Waals surface area contributed by atoms with E-state index in [0.29, 0.717) is 5.56 Å². The number of aryl methyl sites for hydroxylation is 2. The van der Waals surface area contributed by atoms with Gasteiger partial charge in [0.25, 0.3) is 17.7 Å². The van der Waals surface area contributed by atoms with Crippen LogP contribution in [0.4, 0.5) is 5.69 Å². The highest BCUT2D eigenvalue weighted by Crippen LogP contribution is 2.25. The topological polar surface area (TPSA) is 110 Å². The van der Waals surface area contributed by atoms with Crippen LogP contribution in [0.2, 0.25) is 0 Å². The molecular weight excluding hydrogens is 448 g/mol. The quantitative estimate of drug-likeness (QED) is 0.335. The SMILES string of the molecule is Cc1ccc(C)c(C(=O)c2ccccc2C(=O)OCC(=O)Nc2ccc3c(c2)C(=O)N(C)C3=O)c1. The third-order valence-corrected chi connectivity index (χ3v) is 5.74. The molecule has 0 unspecified atom stereocenters. The van der Waals surface area contributed by atoms with Gasteiger partial charge in [0, 0.05) is 23.9 Å². The number of hydrogen-bond acceptors (Lipinski definition) is 6. The number of hydrogen-bond donors (Lipinski definition) is 1. The molecule has 8 nitrogen and oxygen atoms in total. The summed E-state index contributed by atoms with van der Waals surface area (Å²) in [6.45, 7) is 3.09. The Bertz CT molecular complexity index is 1410. The second kappa shape index (κ2) is 9.34. The van der Waals surface area contributed by atoms with Gasteiger partial charge in [-0.25, -0.2) is 4.79 Å². The van der Waals surface area contributed by atoms with Crippen LogP contribution in [0.5, 0.6) is 0 Å². The maximum atomic E-state index is 13.1. The molecule has 1 N–H and O–H groups in total. The third-order valence-electron chi connectivity index (χ3n) is 5.74. The first kappa shape index (κ1) is 23.6. The number of amides is 3. The van der Waals surface area contributed by atoms with E-state index >= 15 is 0 Å². The number of imide groups is 1. The highest BCUT2D eigenvalue weighted by atomic mass is 16.5. The van der Waals surface area contributed by atoms with Crippen LogP contribution in [0, 0.1) is 13.8 Å². The van der Waals surface area contributed by atoms with Crippen LogP contribution in [0.25, 0.3) is 0 Å². The smallest absolute Gasteiger partial charge is 0.339 e. The maximum absolute atomic E-state index is 13.1. The van der Waals surface area contributed by atoms with Gasteiger partial charge < -0.3 is 10.1 Å². The number of anilines is 1. The van der Waals surface area contributed by atoms with E-state index in [1.165, 1.54) is 31.3 Å². The van der Waals surface area contributed by atoms with Crippen LogP contribution in [-0.4, -0.2) is 48.0 Å². The fourth-order valence-electron chi connectivity index (χ4n) is 3.83. The third kappa shape index (κ3) is 4.59. The Kier molecular flexibility index (Phi) is 6.29. The Hall–Kier alpha value is -4.59. The molecule has 1 aliphatic rings. The van der Waals surface area contributed by atoms with Crippen molar-refractivity contribution < 1.29 is 28.7 Å². The molecule has 3 aromatic carbocycles. The highest BCUT2D eigenvalue weighted by Gasteiger charge is 2.32. The van der Waals surface area contributed by atoms with E-state index in [2.05, 4.69) is 5.32 Å². The Morgan fingerprint density at radius 2 is 1.51 bits per heavy atom. The fourth-order valence-corrected chi connectivity index (χ4v) is 3.83. The summed E-state index contributed by atoms with van der Waals surface area (Å²) in [5.41, 5.74) is 3.14. The molecule has 0 saturated carbocycles. The molecule has 176 valence electrons. The van der Waals surface area contributed by atoms with E-state index in [-0.39, 0.29) is 33.7 Å². The minimum absolute atomic E-state index is 0.0517. The van der Waals surface area contributed by atoms with Gasteiger partial charge in [0.1, 0.15) is 0 Å². The number of nitrogens with one attached hydrogen (secondary N) is 1. The lowest BCUT2D eigenvalue weighted by atomic mass is 9.94. The zero-order valence-corrected chi connectivity index (χ0v) is 19.4. The maximum Gasteiger partial charge on any atom is 0.339 e. The number of nitrogens with zero attached hydrogens (tertiary/aromatic N) is 1. The normalized spacial score (nSPS) is 12.4.